The second kappa shape index (κ2) is 10.5. The van der Waals surface area contributed by atoms with E-state index in [0.717, 1.165) is 43.1 Å². The maximum Gasteiger partial charge on any atom is 0.119 e. The summed E-state index contributed by atoms with van der Waals surface area (Å²) in [6.45, 7) is 14.7. The zero-order valence-corrected chi connectivity index (χ0v) is 14.9. The highest BCUT2D eigenvalue weighted by molar-refractivity contribution is 7.96. The predicted molar refractivity (Wildman–Crippen MR) is 99.4 cm³/mol. The van der Waals surface area contributed by atoms with Crippen molar-refractivity contribution in [2.24, 2.45) is 0 Å². The van der Waals surface area contributed by atoms with Gasteiger partial charge in [-0.05, 0) is 36.6 Å². The third-order valence-electron chi connectivity index (χ3n) is 3.56. The molecule has 4 heteroatoms. The van der Waals surface area contributed by atoms with Gasteiger partial charge in [-0.3, -0.25) is 0 Å². The molecule has 0 N–H and O–H groups in total. The zero-order valence-electron chi connectivity index (χ0n) is 14.0. The molecule has 1 aromatic rings. The van der Waals surface area contributed by atoms with Gasteiger partial charge in [-0.15, -0.1) is 0 Å². The van der Waals surface area contributed by atoms with E-state index in [0.29, 0.717) is 6.61 Å². The average Bonchev–Trinajstić information content (AvgIpc) is 2.55. The maximum absolute atomic E-state index is 5.79. The number of rotatable bonds is 11. The number of hydrogen-bond acceptors (Lipinski definition) is 4. The van der Waals surface area contributed by atoms with Crippen LogP contribution in [0.15, 0.2) is 43.5 Å². The molecular weight excluding hydrogens is 292 g/mol. The Labute approximate surface area is 139 Å². The topological polar surface area (TPSA) is 15.7 Å². The van der Waals surface area contributed by atoms with Crippen LogP contribution >= 0.6 is 11.9 Å². The molecule has 0 spiro atoms. The van der Waals surface area contributed by atoms with Crippen molar-refractivity contribution in [2.45, 2.75) is 6.92 Å². The van der Waals surface area contributed by atoms with Crippen molar-refractivity contribution >= 4 is 17.5 Å². The Bertz CT molecular complexity index is 455. The fourth-order valence-corrected chi connectivity index (χ4v) is 2.50. The lowest BCUT2D eigenvalue weighted by Crippen LogP contribution is -2.32. The first-order valence-electron chi connectivity index (χ1n) is 7.62. The third kappa shape index (κ3) is 6.69. The highest BCUT2D eigenvalue weighted by Gasteiger charge is 2.04. The number of hydrogen-bond donors (Lipinski definition) is 0. The third-order valence-corrected chi connectivity index (χ3v) is 4.51. The van der Waals surface area contributed by atoms with E-state index in [9.17, 15) is 0 Å². The predicted octanol–water partition coefficient (Wildman–Crippen LogP) is 3.80. The number of nitrogens with zero attached hydrogens (tertiary/aromatic N) is 2. The molecule has 0 fully saturated rings. The molecule has 0 saturated heterocycles. The largest absolute Gasteiger partial charge is 0.492 e. The Kier molecular flexibility index (Phi) is 8.97. The van der Waals surface area contributed by atoms with Gasteiger partial charge in [0, 0.05) is 26.2 Å². The van der Waals surface area contributed by atoms with E-state index in [1.807, 2.05) is 24.3 Å². The van der Waals surface area contributed by atoms with Crippen LogP contribution in [0, 0.1) is 0 Å². The van der Waals surface area contributed by atoms with Gasteiger partial charge in [0.2, 0.25) is 0 Å². The van der Waals surface area contributed by atoms with Crippen molar-refractivity contribution in [2.75, 3.05) is 46.1 Å². The van der Waals surface area contributed by atoms with Crippen molar-refractivity contribution in [3.05, 3.63) is 49.1 Å². The van der Waals surface area contributed by atoms with Gasteiger partial charge in [0.15, 0.2) is 0 Å². The molecule has 122 valence electrons. The van der Waals surface area contributed by atoms with Crippen LogP contribution in [0.2, 0.25) is 0 Å². The number of likely N-dealkylation sites (N-methyl/N-ethyl adjacent to an activating group) is 2. The van der Waals surface area contributed by atoms with Gasteiger partial charge in [0.05, 0.1) is 0 Å². The first-order chi connectivity index (χ1) is 10.6. The molecule has 1 aromatic carbocycles. The molecule has 0 aromatic heterocycles. The van der Waals surface area contributed by atoms with Crippen LogP contribution < -0.4 is 4.74 Å². The van der Waals surface area contributed by atoms with Crippen LogP contribution in [0.1, 0.15) is 12.5 Å². The standard InChI is InChI=1S/C18H28N2OS/c1-6-16(3)17-8-10-18(11-9-17)21-15-14-19(4)12-13-20(7-2)22-5/h6,8-11H,1,3,7,12-15H2,2,4-5H3. The Morgan fingerprint density at radius 3 is 2.45 bits per heavy atom. The molecule has 0 amide bonds. The van der Waals surface area contributed by atoms with Crippen molar-refractivity contribution in [3.63, 3.8) is 0 Å². The van der Waals surface area contributed by atoms with E-state index in [1.165, 1.54) is 0 Å². The van der Waals surface area contributed by atoms with Crippen molar-refractivity contribution < 1.29 is 4.74 Å². The lowest BCUT2D eigenvalue weighted by atomic mass is 10.1. The Balaban J connectivity index is 2.28. The monoisotopic (exact) mass is 320 g/mol. The Hall–Kier alpha value is -1.23. The molecule has 0 aliphatic rings. The van der Waals surface area contributed by atoms with Gasteiger partial charge < -0.3 is 9.64 Å². The van der Waals surface area contributed by atoms with Gasteiger partial charge in [-0.2, -0.15) is 0 Å². The quantitative estimate of drug-likeness (QED) is 0.455. The van der Waals surface area contributed by atoms with E-state index >= 15 is 0 Å². The summed E-state index contributed by atoms with van der Waals surface area (Å²) in [6, 6.07) is 7.99. The number of allylic oxidation sites excluding steroid dienone is 2. The summed E-state index contributed by atoms with van der Waals surface area (Å²) in [5.41, 5.74) is 2.01. The summed E-state index contributed by atoms with van der Waals surface area (Å²) in [7, 11) is 2.13. The second-order valence-electron chi connectivity index (χ2n) is 5.11. The molecule has 0 heterocycles. The highest BCUT2D eigenvalue weighted by atomic mass is 32.2. The van der Waals surface area contributed by atoms with E-state index < -0.39 is 0 Å². The summed E-state index contributed by atoms with van der Waals surface area (Å²) < 4.78 is 8.14. The summed E-state index contributed by atoms with van der Waals surface area (Å²) in [6.07, 6.45) is 3.89. The lowest BCUT2D eigenvalue weighted by molar-refractivity contribution is 0.230. The molecule has 0 atom stereocenters. The lowest BCUT2D eigenvalue weighted by Gasteiger charge is -2.22. The molecule has 0 aliphatic carbocycles. The van der Waals surface area contributed by atoms with E-state index in [2.05, 4.69) is 42.6 Å². The smallest absolute Gasteiger partial charge is 0.119 e. The first kappa shape index (κ1) is 18.8. The average molecular weight is 321 g/mol. The van der Waals surface area contributed by atoms with Crippen LogP contribution in [0.3, 0.4) is 0 Å². The minimum atomic E-state index is 0.698. The van der Waals surface area contributed by atoms with E-state index in [1.54, 1.807) is 18.0 Å². The molecule has 22 heavy (non-hydrogen) atoms. The van der Waals surface area contributed by atoms with Gasteiger partial charge in [-0.1, -0.05) is 50.2 Å². The normalized spacial score (nSPS) is 11.0. The summed E-state index contributed by atoms with van der Waals surface area (Å²) in [4.78, 5) is 2.30. The van der Waals surface area contributed by atoms with Crippen LogP contribution in [0.4, 0.5) is 0 Å². The summed E-state index contributed by atoms with van der Waals surface area (Å²) >= 11 is 1.80. The second-order valence-corrected chi connectivity index (χ2v) is 5.99. The molecule has 0 saturated carbocycles. The Morgan fingerprint density at radius 1 is 1.23 bits per heavy atom. The minimum absolute atomic E-state index is 0.698. The molecule has 0 unspecified atom stereocenters. The van der Waals surface area contributed by atoms with E-state index in [-0.39, 0.29) is 0 Å². The van der Waals surface area contributed by atoms with Gasteiger partial charge in [-0.25, -0.2) is 4.31 Å². The van der Waals surface area contributed by atoms with Crippen molar-refractivity contribution in [3.8, 4) is 5.75 Å². The van der Waals surface area contributed by atoms with Crippen molar-refractivity contribution in [1.29, 1.82) is 0 Å². The van der Waals surface area contributed by atoms with Gasteiger partial charge in [0.25, 0.3) is 0 Å². The molecule has 0 bridgehead atoms. The fraction of sp³-hybridized carbons (Fsp3) is 0.444. The van der Waals surface area contributed by atoms with Gasteiger partial charge >= 0.3 is 0 Å². The van der Waals surface area contributed by atoms with Gasteiger partial charge in [0.1, 0.15) is 12.4 Å². The molecule has 3 nitrogen and oxygen atoms in total. The van der Waals surface area contributed by atoms with Crippen LogP contribution in [0.5, 0.6) is 5.75 Å². The summed E-state index contributed by atoms with van der Waals surface area (Å²) in [5, 5.41) is 0. The zero-order chi connectivity index (χ0) is 16.4. The molecule has 1 rings (SSSR count). The fourth-order valence-electron chi connectivity index (χ4n) is 1.97. The number of benzene rings is 1. The number of ether oxygens (including phenoxy) is 1. The molecule has 0 aliphatic heterocycles. The van der Waals surface area contributed by atoms with E-state index in [4.69, 9.17) is 4.74 Å². The van der Waals surface area contributed by atoms with Crippen LogP contribution in [-0.4, -0.2) is 55.3 Å². The minimum Gasteiger partial charge on any atom is -0.492 e. The molecular formula is C18H28N2OS. The highest BCUT2D eigenvalue weighted by Crippen LogP contribution is 2.18. The van der Waals surface area contributed by atoms with Crippen molar-refractivity contribution in [1.82, 2.24) is 9.21 Å². The summed E-state index contributed by atoms with van der Waals surface area (Å²) in [5.74, 6) is 0.897. The SMILES string of the molecule is C=CC(=C)c1ccc(OCCN(C)CCN(CC)SC)cc1. The molecule has 0 radical (unpaired) electrons. The Morgan fingerprint density at radius 2 is 1.91 bits per heavy atom. The van der Waals surface area contributed by atoms with Crippen LogP contribution in [0.25, 0.3) is 5.57 Å². The van der Waals surface area contributed by atoms with Crippen LogP contribution in [-0.2, 0) is 0 Å². The maximum atomic E-state index is 5.79. The first-order valence-corrected chi connectivity index (χ1v) is 8.81.